The highest BCUT2D eigenvalue weighted by Gasteiger charge is 2.29. The van der Waals surface area contributed by atoms with Crippen LogP contribution in [-0.4, -0.2) is 59.1 Å². The number of nitrogens with one attached hydrogen (secondary N) is 1. The molecule has 1 atom stereocenters. The van der Waals surface area contributed by atoms with Gasteiger partial charge >= 0.3 is 0 Å². The number of thiophene rings is 1. The number of sulfonamides is 1. The van der Waals surface area contributed by atoms with Crippen LogP contribution in [0, 0.1) is 0 Å². The fourth-order valence-electron chi connectivity index (χ4n) is 3.90. The van der Waals surface area contributed by atoms with Gasteiger partial charge in [-0.2, -0.15) is 4.31 Å². The Balaban J connectivity index is 1.69. The van der Waals surface area contributed by atoms with E-state index in [4.69, 9.17) is 0 Å². The highest BCUT2D eigenvalue weighted by Crippen LogP contribution is 2.33. The van der Waals surface area contributed by atoms with Crippen molar-refractivity contribution in [2.45, 2.75) is 19.5 Å². The number of fused-ring (bicyclic) bond motifs is 1. The van der Waals surface area contributed by atoms with Crippen molar-refractivity contribution in [1.29, 1.82) is 0 Å². The van der Waals surface area contributed by atoms with E-state index in [2.05, 4.69) is 9.88 Å². The molecule has 30 heavy (non-hydrogen) atoms. The van der Waals surface area contributed by atoms with Gasteiger partial charge in [0, 0.05) is 72.9 Å². The predicted molar refractivity (Wildman–Crippen MR) is 119 cm³/mol. The van der Waals surface area contributed by atoms with Crippen molar-refractivity contribution in [2.75, 3.05) is 25.9 Å². The molecule has 160 valence electrons. The van der Waals surface area contributed by atoms with Crippen LogP contribution in [-0.2, 0) is 23.6 Å². The van der Waals surface area contributed by atoms with Crippen LogP contribution in [0.1, 0.15) is 11.8 Å². The molecule has 4 rings (SSSR count). The quantitative estimate of drug-likeness (QED) is 0.651. The largest absolute Gasteiger partial charge is 0.329 e. The van der Waals surface area contributed by atoms with Gasteiger partial charge in [-0.3, -0.25) is 14.5 Å². The Morgan fingerprint density at radius 1 is 1.23 bits per heavy atom. The summed E-state index contributed by atoms with van der Waals surface area (Å²) in [5, 5.41) is 0.637. The minimum Gasteiger partial charge on any atom is -0.329 e. The van der Waals surface area contributed by atoms with E-state index in [9.17, 15) is 18.0 Å². The zero-order valence-corrected chi connectivity index (χ0v) is 18.7. The third-order valence-corrected chi connectivity index (χ3v) is 7.97. The zero-order valence-electron chi connectivity index (χ0n) is 17.1. The summed E-state index contributed by atoms with van der Waals surface area (Å²) >= 11 is 1.55. The normalized spacial score (nSPS) is 18.8. The number of hydrogen-bond acceptors (Lipinski definition) is 6. The average molecular weight is 449 g/mol. The summed E-state index contributed by atoms with van der Waals surface area (Å²) in [5.74, 6) is 0. The van der Waals surface area contributed by atoms with E-state index in [1.54, 1.807) is 35.3 Å². The molecule has 0 spiro atoms. The number of aromatic nitrogens is 2. The van der Waals surface area contributed by atoms with Crippen molar-refractivity contribution in [3.63, 3.8) is 0 Å². The lowest BCUT2D eigenvalue weighted by atomic mass is 10.1. The van der Waals surface area contributed by atoms with Crippen LogP contribution < -0.4 is 11.1 Å². The molecule has 1 saturated heterocycles. The van der Waals surface area contributed by atoms with Gasteiger partial charge in [-0.1, -0.05) is 0 Å². The van der Waals surface area contributed by atoms with Gasteiger partial charge in [0.2, 0.25) is 15.6 Å². The lowest BCUT2D eigenvalue weighted by Gasteiger charge is -2.38. The van der Waals surface area contributed by atoms with Crippen molar-refractivity contribution in [3.05, 3.63) is 56.2 Å². The average Bonchev–Trinajstić information content (AvgIpc) is 3.09. The van der Waals surface area contributed by atoms with E-state index in [0.717, 1.165) is 20.7 Å². The van der Waals surface area contributed by atoms with Crippen LogP contribution in [0.5, 0.6) is 0 Å². The molecule has 1 unspecified atom stereocenters. The summed E-state index contributed by atoms with van der Waals surface area (Å²) in [6, 6.07) is 5.36. The van der Waals surface area contributed by atoms with Gasteiger partial charge in [0.1, 0.15) is 0 Å². The first-order chi connectivity index (χ1) is 14.1. The molecule has 0 amide bonds. The number of hydrogen-bond donors (Lipinski definition) is 1. The molecule has 0 radical (unpaired) electrons. The summed E-state index contributed by atoms with van der Waals surface area (Å²) in [5.41, 5.74) is 1.35. The Bertz CT molecular complexity index is 1320. The lowest BCUT2D eigenvalue weighted by molar-refractivity contribution is 0.123. The van der Waals surface area contributed by atoms with Gasteiger partial charge < -0.3 is 9.55 Å². The number of pyridine rings is 2. The fourth-order valence-corrected chi connectivity index (χ4v) is 6.00. The van der Waals surface area contributed by atoms with E-state index in [1.165, 1.54) is 16.6 Å². The molecule has 4 heterocycles. The third-order valence-electron chi connectivity index (χ3n) is 5.54. The van der Waals surface area contributed by atoms with Gasteiger partial charge in [-0.15, -0.1) is 11.3 Å². The predicted octanol–water partition coefficient (Wildman–Crippen LogP) is 1.42. The van der Waals surface area contributed by atoms with Crippen LogP contribution in [0.4, 0.5) is 0 Å². The van der Waals surface area contributed by atoms with Gasteiger partial charge in [-0.05, 0) is 24.6 Å². The third kappa shape index (κ3) is 4.00. The van der Waals surface area contributed by atoms with Crippen molar-refractivity contribution in [3.8, 4) is 11.1 Å². The molecular formula is C20H24N4O4S2. The second kappa shape index (κ2) is 7.77. The van der Waals surface area contributed by atoms with E-state index in [-0.39, 0.29) is 17.2 Å². The van der Waals surface area contributed by atoms with E-state index >= 15 is 0 Å². The summed E-state index contributed by atoms with van der Waals surface area (Å²) in [4.78, 5) is 30.4. The first kappa shape index (κ1) is 21.0. The number of H-pyrrole nitrogens is 1. The zero-order chi connectivity index (χ0) is 21.6. The molecule has 3 aromatic heterocycles. The van der Waals surface area contributed by atoms with Gasteiger partial charge in [0.15, 0.2) is 0 Å². The lowest BCUT2D eigenvalue weighted by Crippen LogP contribution is -2.52. The Morgan fingerprint density at radius 3 is 2.67 bits per heavy atom. The standard InChI is InChI=1S/C20H24N4O4S2/c1-13-10-24(30(3,27)28)7-6-23(13)11-15-9-16-19(29-15)17(12-22(2)20(16)26)14-4-5-21-18(25)8-14/h4-5,8-9,12-13H,6-7,10-11H2,1-3H3,(H,21,25). The van der Waals surface area contributed by atoms with Crippen LogP contribution in [0.3, 0.4) is 0 Å². The van der Waals surface area contributed by atoms with Crippen molar-refractivity contribution in [2.24, 2.45) is 7.05 Å². The fraction of sp³-hybridized carbons (Fsp3) is 0.400. The van der Waals surface area contributed by atoms with Crippen LogP contribution in [0.2, 0.25) is 0 Å². The van der Waals surface area contributed by atoms with E-state index < -0.39 is 10.0 Å². The second-order valence-electron chi connectivity index (χ2n) is 7.80. The van der Waals surface area contributed by atoms with E-state index in [1.807, 2.05) is 19.1 Å². The monoisotopic (exact) mass is 448 g/mol. The molecule has 1 aliphatic rings. The summed E-state index contributed by atoms with van der Waals surface area (Å²) in [7, 11) is -1.48. The molecule has 1 fully saturated rings. The molecule has 3 aromatic rings. The molecule has 0 bridgehead atoms. The minimum atomic E-state index is -3.19. The molecule has 0 aliphatic carbocycles. The molecule has 8 nitrogen and oxygen atoms in total. The summed E-state index contributed by atoms with van der Waals surface area (Å²) < 4.78 is 27.6. The number of aryl methyl sites for hydroxylation is 1. The Labute approximate surface area is 178 Å². The summed E-state index contributed by atoms with van der Waals surface area (Å²) in [6.45, 7) is 4.24. The molecule has 0 aromatic carbocycles. The molecular weight excluding hydrogens is 424 g/mol. The first-order valence-electron chi connectivity index (χ1n) is 9.64. The maximum atomic E-state index is 12.7. The molecule has 1 aliphatic heterocycles. The Morgan fingerprint density at radius 2 is 2.00 bits per heavy atom. The van der Waals surface area contributed by atoms with Crippen LogP contribution >= 0.6 is 11.3 Å². The maximum Gasteiger partial charge on any atom is 0.259 e. The number of aromatic amines is 1. The molecule has 10 heteroatoms. The van der Waals surface area contributed by atoms with Gasteiger partial charge in [0.05, 0.1) is 11.6 Å². The van der Waals surface area contributed by atoms with E-state index in [0.29, 0.717) is 31.6 Å². The van der Waals surface area contributed by atoms with Crippen molar-refractivity contribution < 1.29 is 8.42 Å². The number of nitrogens with zero attached hydrogens (tertiary/aromatic N) is 3. The Hall–Kier alpha value is -2.27. The van der Waals surface area contributed by atoms with Gasteiger partial charge in [-0.25, -0.2) is 8.42 Å². The first-order valence-corrected chi connectivity index (χ1v) is 12.3. The molecule has 0 saturated carbocycles. The second-order valence-corrected chi connectivity index (χ2v) is 10.9. The highest BCUT2D eigenvalue weighted by molar-refractivity contribution is 7.88. The summed E-state index contributed by atoms with van der Waals surface area (Å²) in [6.07, 6.45) is 4.62. The topological polar surface area (TPSA) is 95.5 Å². The van der Waals surface area contributed by atoms with Crippen LogP contribution in [0.25, 0.3) is 21.2 Å². The van der Waals surface area contributed by atoms with Crippen LogP contribution in [0.15, 0.2) is 40.2 Å². The number of piperazine rings is 1. The smallest absolute Gasteiger partial charge is 0.259 e. The minimum absolute atomic E-state index is 0.0731. The van der Waals surface area contributed by atoms with Crippen molar-refractivity contribution in [1.82, 2.24) is 18.8 Å². The van der Waals surface area contributed by atoms with Crippen molar-refractivity contribution >= 4 is 31.4 Å². The molecule has 1 N–H and O–H groups in total. The maximum absolute atomic E-state index is 12.7. The Kier molecular flexibility index (Phi) is 5.43. The SMILES string of the molecule is CC1CN(S(C)(=O)=O)CCN1Cc1cc2c(=O)n(C)cc(-c3cc[nH]c(=O)c3)c2s1. The number of rotatable bonds is 4. The van der Waals surface area contributed by atoms with Gasteiger partial charge in [0.25, 0.3) is 5.56 Å². The highest BCUT2D eigenvalue weighted by atomic mass is 32.2.